The van der Waals surface area contributed by atoms with Crippen molar-refractivity contribution in [1.29, 1.82) is 0 Å². The van der Waals surface area contributed by atoms with Gasteiger partial charge < -0.3 is 29.4 Å². The summed E-state index contributed by atoms with van der Waals surface area (Å²) in [6, 6.07) is 0. The number of hydrogen-bond acceptors (Lipinski definition) is 12. The van der Waals surface area contributed by atoms with Crippen LogP contribution in [-0.2, 0) is 38.4 Å². The van der Waals surface area contributed by atoms with Gasteiger partial charge in [-0.3, -0.25) is 48.2 Å². The molecule has 0 spiro atoms. The number of rotatable bonds is 38. The maximum atomic E-state index is 11.4. The molecule has 4 amide bonds. The van der Waals surface area contributed by atoms with Gasteiger partial charge in [-0.15, -0.1) is 0 Å². The molecule has 8 heterocycles. The van der Waals surface area contributed by atoms with Gasteiger partial charge in [0.25, 0.3) is 0 Å². The molecular formula is C86H164N8O8. The smallest absolute Gasteiger partial charge is 0.222 e. The fourth-order valence-corrected chi connectivity index (χ4v) is 14.3. The zero-order valence-corrected chi connectivity index (χ0v) is 68.3. The van der Waals surface area contributed by atoms with Crippen LogP contribution in [-0.4, -0.2) is 217 Å². The van der Waals surface area contributed by atoms with Crippen LogP contribution in [0, 0.1) is 0 Å². The molecule has 0 bridgehead atoms. The molecule has 102 heavy (non-hydrogen) atoms. The molecule has 0 aromatic heterocycles. The second kappa shape index (κ2) is 69.2. The van der Waals surface area contributed by atoms with Gasteiger partial charge in [-0.25, -0.2) is 0 Å². The average Bonchev–Trinajstić information content (AvgIpc) is 1.18. The van der Waals surface area contributed by atoms with Crippen molar-refractivity contribution in [2.24, 2.45) is 0 Å². The SMILES string of the molecule is CCCCCCN1CCC(=O)CC1.CCCCCCN1CCC(=O)CC1.CCCCCCN1CCCC(=O)C1.CCCCCCN1CCCC(=O)C1.CCCCCCN1CCCCC1=O.CCCCCCN1CCCCC1=O.CCCCCN1CCCCC1=O.CCCCCN1CCCCC1=O. The summed E-state index contributed by atoms with van der Waals surface area (Å²) in [5, 5.41) is 0. The van der Waals surface area contributed by atoms with E-state index in [1.54, 1.807) is 0 Å². The van der Waals surface area contributed by atoms with Gasteiger partial charge in [-0.05, 0) is 155 Å². The van der Waals surface area contributed by atoms with Crippen molar-refractivity contribution in [3.8, 4) is 0 Å². The summed E-state index contributed by atoms with van der Waals surface area (Å²) < 4.78 is 0. The van der Waals surface area contributed by atoms with E-state index in [-0.39, 0.29) is 0 Å². The minimum atomic E-state index is 0.373. The number of carbonyl (C=O) groups excluding carboxylic acids is 8. The Balaban J connectivity index is 0.000000583. The Morgan fingerprint density at radius 1 is 0.186 bits per heavy atom. The summed E-state index contributed by atoms with van der Waals surface area (Å²) in [7, 11) is 0. The van der Waals surface area contributed by atoms with E-state index >= 15 is 0 Å². The van der Waals surface area contributed by atoms with Crippen LogP contribution in [0.5, 0.6) is 0 Å². The van der Waals surface area contributed by atoms with Gasteiger partial charge >= 0.3 is 0 Å². The maximum Gasteiger partial charge on any atom is 0.222 e. The number of unbranched alkanes of at least 4 members (excludes halogenated alkanes) is 22. The molecule has 0 unspecified atom stereocenters. The van der Waals surface area contributed by atoms with Crippen LogP contribution in [0.2, 0.25) is 0 Å². The summed E-state index contributed by atoms with van der Waals surface area (Å²) in [6.45, 7) is 38.1. The lowest BCUT2D eigenvalue weighted by molar-refractivity contribution is -0.134. The number of nitrogens with zero attached hydrogens (tertiary/aromatic N) is 8. The first kappa shape index (κ1) is 96.4. The summed E-state index contributed by atoms with van der Waals surface area (Å²) in [4.78, 5) is 107. The summed E-state index contributed by atoms with van der Waals surface area (Å²) in [5.41, 5.74) is 0. The third-order valence-corrected chi connectivity index (χ3v) is 21.1. The molecule has 8 fully saturated rings. The van der Waals surface area contributed by atoms with Gasteiger partial charge in [0.15, 0.2) is 0 Å². The van der Waals surface area contributed by atoms with E-state index in [1.165, 1.54) is 231 Å². The molecule has 16 heteroatoms. The minimum Gasteiger partial charge on any atom is -0.343 e. The van der Waals surface area contributed by atoms with Gasteiger partial charge in [0.1, 0.15) is 23.1 Å². The number of hydrogen-bond donors (Lipinski definition) is 0. The van der Waals surface area contributed by atoms with Crippen LogP contribution in [0.25, 0.3) is 0 Å². The van der Waals surface area contributed by atoms with Crippen molar-refractivity contribution in [1.82, 2.24) is 39.2 Å². The van der Waals surface area contributed by atoms with E-state index < -0.39 is 0 Å². The van der Waals surface area contributed by atoms with E-state index in [2.05, 4.69) is 75.0 Å². The highest BCUT2D eigenvalue weighted by molar-refractivity contribution is 5.82. The average molecular weight is 1440 g/mol. The molecule has 0 aromatic carbocycles. The van der Waals surface area contributed by atoms with E-state index in [0.717, 1.165) is 207 Å². The van der Waals surface area contributed by atoms with Gasteiger partial charge in [0.05, 0.1) is 13.1 Å². The topological polar surface area (TPSA) is 162 Å². The zero-order valence-electron chi connectivity index (χ0n) is 68.3. The molecule has 0 aromatic rings. The Morgan fingerprint density at radius 2 is 0.402 bits per heavy atom. The van der Waals surface area contributed by atoms with Gasteiger partial charge in [0.2, 0.25) is 23.6 Å². The fourth-order valence-electron chi connectivity index (χ4n) is 14.3. The van der Waals surface area contributed by atoms with Crippen LogP contribution in [0.15, 0.2) is 0 Å². The first-order valence-electron chi connectivity index (χ1n) is 43.8. The molecule has 8 aliphatic rings. The third kappa shape index (κ3) is 54.9. The number of Topliss-reactive ketones (excluding diaryl/α,β-unsaturated/α-hetero) is 4. The Bertz CT molecular complexity index is 1920. The predicted molar refractivity (Wildman–Crippen MR) is 428 cm³/mol. The predicted octanol–water partition coefficient (Wildman–Crippen LogP) is 18.5. The Hall–Kier alpha value is -3.60. The Kier molecular flexibility index (Phi) is 65.4. The van der Waals surface area contributed by atoms with Crippen molar-refractivity contribution >= 4 is 46.8 Å². The number of ketones is 4. The van der Waals surface area contributed by atoms with Crippen molar-refractivity contribution < 1.29 is 38.4 Å². The maximum absolute atomic E-state index is 11.4. The monoisotopic (exact) mass is 1440 g/mol. The first-order valence-corrected chi connectivity index (χ1v) is 43.8. The van der Waals surface area contributed by atoms with Crippen LogP contribution >= 0.6 is 0 Å². The van der Waals surface area contributed by atoms with Gasteiger partial charge in [0, 0.05) is 143 Å². The van der Waals surface area contributed by atoms with E-state index in [4.69, 9.17) is 0 Å². The number of amides is 4. The van der Waals surface area contributed by atoms with Crippen LogP contribution in [0.1, 0.15) is 376 Å². The normalized spacial score (nSPS) is 18.7. The summed E-state index contributed by atoms with van der Waals surface area (Å²) >= 11 is 0. The Labute approximate surface area is 628 Å². The first-order chi connectivity index (χ1) is 49.7. The number of carbonyl (C=O) groups is 8. The third-order valence-electron chi connectivity index (χ3n) is 21.1. The molecule has 596 valence electrons. The van der Waals surface area contributed by atoms with Crippen molar-refractivity contribution in [3.63, 3.8) is 0 Å². The molecule has 0 aliphatic carbocycles. The lowest BCUT2D eigenvalue weighted by atomic mass is 10.1. The molecule has 0 saturated carbocycles. The van der Waals surface area contributed by atoms with Crippen LogP contribution < -0.4 is 0 Å². The van der Waals surface area contributed by atoms with Gasteiger partial charge in [-0.1, -0.05) is 197 Å². The lowest BCUT2D eigenvalue weighted by Gasteiger charge is -2.26. The van der Waals surface area contributed by atoms with Crippen LogP contribution in [0.3, 0.4) is 0 Å². The van der Waals surface area contributed by atoms with Crippen molar-refractivity contribution in [2.75, 3.05) is 131 Å². The highest BCUT2D eigenvalue weighted by Gasteiger charge is 2.22. The summed E-state index contributed by atoms with van der Waals surface area (Å²) in [6.07, 6.45) is 57.8. The minimum absolute atomic E-state index is 0.373. The second-order valence-corrected chi connectivity index (χ2v) is 30.7. The standard InChI is InChI=1S/6C11H21NO.2C10H19NO/c2*1-2-3-4-6-9-12-10-7-5-8-11(12)13;2*1-2-3-4-5-8-12-9-6-11(13)7-10-12;2*1-2-3-4-5-8-12-9-6-7-11(13)10-12;2*1-2-3-5-8-11-9-6-4-7-10(11)12/h6*2-10H2,1H3;2*2-9H2,1H3. The molecule has 0 atom stereocenters. The van der Waals surface area contributed by atoms with E-state index in [9.17, 15) is 38.4 Å². The quantitative estimate of drug-likeness (QED) is 0.0539. The number of likely N-dealkylation sites (tertiary alicyclic amines) is 8. The molecule has 16 nitrogen and oxygen atoms in total. The molecular weight excluding hydrogens is 1270 g/mol. The summed E-state index contributed by atoms with van der Waals surface area (Å²) in [5.74, 6) is 3.26. The lowest BCUT2D eigenvalue weighted by Crippen LogP contribution is -2.36. The number of piperidine rings is 8. The zero-order chi connectivity index (χ0) is 74.7. The molecule has 0 N–H and O–H groups in total. The van der Waals surface area contributed by atoms with Crippen molar-refractivity contribution in [3.05, 3.63) is 0 Å². The van der Waals surface area contributed by atoms with Crippen LogP contribution in [0.4, 0.5) is 0 Å². The second-order valence-electron chi connectivity index (χ2n) is 30.7. The molecule has 8 aliphatic heterocycles. The molecule has 0 radical (unpaired) electrons. The van der Waals surface area contributed by atoms with E-state index in [1.807, 2.05) is 19.6 Å². The molecule has 8 saturated heterocycles. The van der Waals surface area contributed by atoms with Gasteiger partial charge in [-0.2, -0.15) is 0 Å². The van der Waals surface area contributed by atoms with E-state index in [0.29, 0.717) is 59.9 Å². The Morgan fingerprint density at radius 3 is 0.627 bits per heavy atom. The highest BCUT2D eigenvalue weighted by Crippen LogP contribution is 2.18. The largest absolute Gasteiger partial charge is 0.343 e. The molecule has 8 rings (SSSR count). The fraction of sp³-hybridized carbons (Fsp3) is 0.907. The highest BCUT2D eigenvalue weighted by atomic mass is 16.2. The van der Waals surface area contributed by atoms with Crippen molar-refractivity contribution in [2.45, 2.75) is 376 Å².